The average molecular weight is 338 g/mol. The van der Waals surface area contributed by atoms with Gasteiger partial charge >= 0.3 is 0 Å². The van der Waals surface area contributed by atoms with Gasteiger partial charge in [0.2, 0.25) is 5.95 Å². The van der Waals surface area contributed by atoms with Gasteiger partial charge in [-0.2, -0.15) is 0 Å². The predicted molar refractivity (Wildman–Crippen MR) is 90.4 cm³/mol. The standard InChI is InChI=1S/C17H18N6O2/c1-9-19-14(11-4-6-18-15(11)20-9)16(24)22-17-21-12-8-25-7-5-13(12)23(17)10-2-3-10/h4,6,10H,2-3,5,7-8H2,1H3,(H,18,19,20)(H,21,22,24). The first kappa shape index (κ1) is 14.6. The first-order valence-corrected chi connectivity index (χ1v) is 8.51. The van der Waals surface area contributed by atoms with E-state index in [2.05, 4.69) is 29.8 Å². The average Bonchev–Trinajstić information content (AvgIpc) is 3.21. The molecule has 2 N–H and O–H groups in total. The summed E-state index contributed by atoms with van der Waals surface area (Å²) in [5.41, 5.74) is 3.15. The van der Waals surface area contributed by atoms with Crippen LogP contribution in [0.4, 0.5) is 5.95 Å². The summed E-state index contributed by atoms with van der Waals surface area (Å²) in [6.45, 7) is 2.98. The molecule has 0 atom stereocenters. The van der Waals surface area contributed by atoms with Gasteiger partial charge in [-0.25, -0.2) is 15.0 Å². The molecule has 8 nitrogen and oxygen atoms in total. The van der Waals surface area contributed by atoms with Crippen LogP contribution in [0.2, 0.25) is 0 Å². The third kappa shape index (κ3) is 2.41. The van der Waals surface area contributed by atoms with Crippen LogP contribution in [0.5, 0.6) is 0 Å². The molecule has 0 saturated heterocycles. The van der Waals surface area contributed by atoms with Crippen molar-refractivity contribution in [1.82, 2.24) is 24.5 Å². The molecule has 0 unspecified atom stereocenters. The Morgan fingerprint density at radius 3 is 3.08 bits per heavy atom. The maximum absolute atomic E-state index is 12.9. The summed E-state index contributed by atoms with van der Waals surface area (Å²) in [6.07, 6.45) is 4.85. The van der Waals surface area contributed by atoms with Gasteiger partial charge in [0.1, 0.15) is 17.2 Å². The summed E-state index contributed by atoms with van der Waals surface area (Å²) in [5, 5.41) is 3.68. The number of anilines is 1. The quantitative estimate of drug-likeness (QED) is 0.762. The maximum Gasteiger partial charge on any atom is 0.277 e. The fourth-order valence-corrected chi connectivity index (χ4v) is 3.43. The number of imidazole rings is 1. The van der Waals surface area contributed by atoms with Crippen molar-refractivity contribution in [3.05, 3.63) is 35.2 Å². The van der Waals surface area contributed by atoms with E-state index < -0.39 is 0 Å². The molecule has 2 aliphatic rings. The second-order valence-electron chi connectivity index (χ2n) is 6.55. The van der Waals surface area contributed by atoms with Crippen molar-refractivity contribution in [2.24, 2.45) is 0 Å². The van der Waals surface area contributed by atoms with Crippen molar-refractivity contribution >= 4 is 22.9 Å². The third-order valence-electron chi connectivity index (χ3n) is 4.69. The number of ether oxygens (including phenoxy) is 1. The monoisotopic (exact) mass is 338 g/mol. The van der Waals surface area contributed by atoms with Crippen LogP contribution in [0, 0.1) is 6.92 Å². The lowest BCUT2D eigenvalue weighted by molar-refractivity contribution is 0.102. The Kier molecular flexibility index (Phi) is 3.14. The number of aryl methyl sites for hydroxylation is 1. The summed E-state index contributed by atoms with van der Waals surface area (Å²) < 4.78 is 7.68. The Labute approximate surface area is 143 Å². The Balaban J connectivity index is 1.54. The van der Waals surface area contributed by atoms with E-state index in [0.717, 1.165) is 25.0 Å². The van der Waals surface area contributed by atoms with Crippen molar-refractivity contribution in [1.29, 1.82) is 0 Å². The van der Waals surface area contributed by atoms with E-state index in [4.69, 9.17) is 4.74 Å². The minimum atomic E-state index is -0.264. The summed E-state index contributed by atoms with van der Waals surface area (Å²) in [5.74, 6) is 0.890. The number of amides is 1. The zero-order chi connectivity index (χ0) is 17.0. The molecular formula is C17H18N6O2. The van der Waals surface area contributed by atoms with Crippen molar-refractivity contribution < 1.29 is 9.53 Å². The first-order chi connectivity index (χ1) is 12.2. The van der Waals surface area contributed by atoms with Gasteiger partial charge in [-0.1, -0.05) is 0 Å². The summed E-state index contributed by atoms with van der Waals surface area (Å²) in [4.78, 5) is 29.2. The number of hydrogen-bond donors (Lipinski definition) is 2. The van der Waals surface area contributed by atoms with E-state index in [1.165, 1.54) is 5.69 Å². The fraction of sp³-hybridized carbons (Fsp3) is 0.412. The highest BCUT2D eigenvalue weighted by atomic mass is 16.5. The number of carbonyl (C=O) groups is 1. The van der Waals surface area contributed by atoms with E-state index in [1.807, 2.05) is 6.07 Å². The number of rotatable bonds is 3. The largest absolute Gasteiger partial charge is 0.375 e. The van der Waals surface area contributed by atoms with Crippen LogP contribution < -0.4 is 5.32 Å². The number of hydrogen-bond acceptors (Lipinski definition) is 5. The second kappa shape index (κ2) is 5.38. The number of fused-ring (bicyclic) bond motifs is 2. The lowest BCUT2D eigenvalue weighted by Gasteiger charge is -2.15. The molecule has 5 rings (SSSR count). The highest BCUT2D eigenvalue weighted by Crippen LogP contribution is 2.40. The van der Waals surface area contributed by atoms with Gasteiger partial charge < -0.3 is 14.3 Å². The van der Waals surface area contributed by atoms with E-state index in [-0.39, 0.29) is 5.91 Å². The SMILES string of the molecule is Cc1nc(C(=O)Nc2nc3c(n2C2CC2)CCOC3)c2cc[nH]c2n1. The molecule has 0 radical (unpaired) electrons. The molecule has 1 aliphatic heterocycles. The Bertz CT molecular complexity index is 985. The van der Waals surface area contributed by atoms with Crippen LogP contribution in [0.1, 0.15) is 46.6 Å². The van der Waals surface area contributed by atoms with Gasteiger partial charge in [0.05, 0.1) is 24.3 Å². The van der Waals surface area contributed by atoms with E-state index in [9.17, 15) is 4.79 Å². The minimum absolute atomic E-state index is 0.264. The van der Waals surface area contributed by atoms with Gasteiger partial charge in [-0.05, 0) is 25.8 Å². The van der Waals surface area contributed by atoms with Crippen LogP contribution in [0.3, 0.4) is 0 Å². The van der Waals surface area contributed by atoms with E-state index in [0.29, 0.717) is 47.8 Å². The molecule has 128 valence electrons. The molecule has 25 heavy (non-hydrogen) atoms. The number of aromatic nitrogens is 5. The van der Waals surface area contributed by atoms with Gasteiger partial charge in [-0.3, -0.25) is 10.1 Å². The molecule has 3 aromatic heterocycles. The summed E-state index contributed by atoms with van der Waals surface area (Å²) in [6, 6.07) is 2.25. The molecule has 1 aliphatic carbocycles. The molecule has 1 saturated carbocycles. The van der Waals surface area contributed by atoms with Crippen LogP contribution in [-0.4, -0.2) is 37.0 Å². The number of aromatic amines is 1. The van der Waals surface area contributed by atoms with Crippen LogP contribution >= 0.6 is 0 Å². The number of H-pyrrole nitrogens is 1. The van der Waals surface area contributed by atoms with Crippen LogP contribution in [0.25, 0.3) is 11.0 Å². The van der Waals surface area contributed by atoms with Crippen LogP contribution in [0.15, 0.2) is 12.3 Å². The zero-order valence-electron chi connectivity index (χ0n) is 13.9. The molecule has 4 heterocycles. The Morgan fingerprint density at radius 1 is 1.36 bits per heavy atom. The highest BCUT2D eigenvalue weighted by molar-refractivity contribution is 6.09. The van der Waals surface area contributed by atoms with Crippen LogP contribution in [-0.2, 0) is 17.8 Å². The number of nitrogens with zero attached hydrogens (tertiary/aromatic N) is 4. The maximum atomic E-state index is 12.9. The van der Waals surface area contributed by atoms with Crippen molar-refractivity contribution in [2.75, 3.05) is 11.9 Å². The second-order valence-corrected chi connectivity index (χ2v) is 6.55. The normalized spacial score (nSPS) is 16.8. The fourth-order valence-electron chi connectivity index (χ4n) is 3.43. The molecule has 0 bridgehead atoms. The lowest BCUT2D eigenvalue weighted by atomic mass is 10.2. The number of nitrogens with one attached hydrogen (secondary N) is 2. The van der Waals surface area contributed by atoms with E-state index >= 15 is 0 Å². The van der Waals surface area contributed by atoms with Gasteiger partial charge in [0.15, 0.2) is 0 Å². The first-order valence-electron chi connectivity index (χ1n) is 8.51. The molecule has 0 aromatic carbocycles. The third-order valence-corrected chi connectivity index (χ3v) is 4.69. The highest BCUT2D eigenvalue weighted by Gasteiger charge is 2.32. The van der Waals surface area contributed by atoms with Gasteiger partial charge in [0.25, 0.3) is 5.91 Å². The Hall–Kier alpha value is -2.74. The number of carbonyl (C=O) groups excluding carboxylic acids is 1. The molecule has 1 fully saturated rings. The molecule has 8 heteroatoms. The van der Waals surface area contributed by atoms with Gasteiger partial charge in [0, 0.05) is 24.4 Å². The summed E-state index contributed by atoms with van der Waals surface area (Å²) >= 11 is 0. The molecule has 0 spiro atoms. The summed E-state index contributed by atoms with van der Waals surface area (Å²) in [7, 11) is 0. The molecule has 1 amide bonds. The molecular weight excluding hydrogens is 320 g/mol. The lowest BCUT2D eigenvalue weighted by Crippen LogP contribution is -2.19. The smallest absolute Gasteiger partial charge is 0.277 e. The molecule has 3 aromatic rings. The topological polar surface area (TPSA) is 97.7 Å². The van der Waals surface area contributed by atoms with E-state index in [1.54, 1.807) is 13.1 Å². The predicted octanol–water partition coefficient (Wildman–Crippen LogP) is 2.12. The van der Waals surface area contributed by atoms with Crippen molar-refractivity contribution in [2.45, 2.75) is 38.8 Å². The zero-order valence-corrected chi connectivity index (χ0v) is 13.9. The minimum Gasteiger partial charge on any atom is -0.375 e. The van der Waals surface area contributed by atoms with Gasteiger partial charge in [-0.15, -0.1) is 0 Å². The van der Waals surface area contributed by atoms with Crippen molar-refractivity contribution in [3.63, 3.8) is 0 Å². The van der Waals surface area contributed by atoms with Crippen molar-refractivity contribution in [3.8, 4) is 0 Å². The Morgan fingerprint density at radius 2 is 2.24 bits per heavy atom.